The zero-order chi connectivity index (χ0) is 17.5. The van der Waals surface area contributed by atoms with Gasteiger partial charge in [-0.15, -0.1) is 0 Å². The van der Waals surface area contributed by atoms with Crippen molar-refractivity contribution < 1.29 is 0 Å². The van der Waals surface area contributed by atoms with Gasteiger partial charge >= 0.3 is 0 Å². The zero-order valence-electron chi connectivity index (χ0n) is 17.0. The molecule has 0 unspecified atom stereocenters. The van der Waals surface area contributed by atoms with Crippen LogP contribution in [0, 0.1) is 17.3 Å². The van der Waals surface area contributed by atoms with E-state index in [9.17, 15) is 0 Å². The smallest absolute Gasteiger partial charge is 0.0104 e. The van der Waals surface area contributed by atoms with Crippen molar-refractivity contribution in [3.63, 3.8) is 0 Å². The van der Waals surface area contributed by atoms with Crippen LogP contribution in [-0.4, -0.2) is 62.2 Å². The molecular formula is C20H43N3. The highest BCUT2D eigenvalue weighted by Crippen LogP contribution is 2.40. The van der Waals surface area contributed by atoms with Crippen LogP contribution in [0.4, 0.5) is 0 Å². The van der Waals surface area contributed by atoms with Gasteiger partial charge in [-0.05, 0) is 70.5 Å². The van der Waals surface area contributed by atoms with E-state index in [0.717, 1.165) is 31.0 Å². The standard InChI is InChI=1S/C15H31N.C5H12N2/c1-12(2)11-15(5,6)14-7-9-16(10-8-14)13(3)4;1-7-4-2-6-3-5-7/h12-14H,7-11H2,1-6H3;6H,2-5H2,1H3. The number of piperazine rings is 1. The van der Waals surface area contributed by atoms with Crippen molar-refractivity contribution >= 4 is 0 Å². The summed E-state index contributed by atoms with van der Waals surface area (Å²) >= 11 is 0. The van der Waals surface area contributed by atoms with Crippen molar-refractivity contribution in [2.75, 3.05) is 46.3 Å². The van der Waals surface area contributed by atoms with Gasteiger partial charge in [0.2, 0.25) is 0 Å². The summed E-state index contributed by atoms with van der Waals surface area (Å²) < 4.78 is 0. The van der Waals surface area contributed by atoms with Crippen LogP contribution in [0.2, 0.25) is 0 Å². The molecule has 0 saturated carbocycles. The van der Waals surface area contributed by atoms with Crippen molar-refractivity contribution in [1.82, 2.24) is 15.1 Å². The Hall–Kier alpha value is -0.120. The van der Waals surface area contributed by atoms with Crippen LogP contribution in [0.1, 0.15) is 60.8 Å². The molecule has 3 heteroatoms. The number of nitrogens with zero attached hydrogens (tertiary/aromatic N) is 2. The normalized spacial score (nSPS) is 22.3. The molecule has 2 fully saturated rings. The molecule has 0 aromatic heterocycles. The van der Waals surface area contributed by atoms with Gasteiger partial charge in [0.05, 0.1) is 0 Å². The third kappa shape index (κ3) is 8.00. The second-order valence-corrected chi connectivity index (χ2v) is 9.04. The molecule has 3 nitrogen and oxygen atoms in total. The Morgan fingerprint density at radius 1 is 0.957 bits per heavy atom. The lowest BCUT2D eigenvalue weighted by Gasteiger charge is -2.42. The Morgan fingerprint density at radius 3 is 1.83 bits per heavy atom. The molecule has 0 radical (unpaired) electrons. The first-order valence-corrected chi connectivity index (χ1v) is 9.85. The number of nitrogens with one attached hydrogen (secondary N) is 1. The van der Waals surface area contributed by atoms with E-state index in [1.165, 1.54) is 45.4 Å². The Bertz CT molecular complexity index is 298. The van der Waals surface area contributed by atoms with Gasteiger partial charge in [0, 0.05) is 32.2 Å². The summed E-state index contributed by atoms with van der Waals surface area (Å²) in [4.78, 5) is 4.96. The molecule has 138 valence electrons. The van der Waals surface area contributed by atoms with E-state index in [0.29, 0.717) is 5.41 Å². The minimum atomic E-state index is 0.539. The summed E-state index contributed by atoms with van der Waals surface area (Å²) in [7, 11) is 2.15. The average molecular weight is 326 g/mol. The molecule has 2 saturated heterocycles. The zero-order valence-corrected chi connectivity index (χ0v) is 17.0. The Kier molecular flexibility index (Phi) is 9.10. The maximum atomic E-state index is 3.27. The lowest BCUT2D eigenvalue weighted by atomic mass is 9.69. The summed E-state index contributed by atoms with van der Waals surface area (Å²) in [5, 5.41) is 3.27. The fourth-order valence-corrected chi connectivity index (χ4v) is 4.19. The minimum Gasteiger partial charge on any atom is -0.314 e. The molecule has 23 heavy (non-hydrogen) atoms. The van der Waals surface area contributed by atoms with Gasteiger partial charge in [-0.25, -0.2) is 0 Å². The first-order chi connectivity index (χ1) is 10.7. The van der Waals surface area contributed by atoms with Gasteiger partial charge < -0.3 is 15.1 Å². The molecule has 0 spiro atoms. The molecule has 0 bridgehead atoms. The number of hydrogen-bond acceptors (Lipinski definition) is 3. The van der Waals surface area contributed by atoms with Crippen molar-refractivity contribution in [3.05, 3.63) is 0 Å². The van der Waals surface area contributed by atoms with Gasteiger partial charge in [-0.1, -0.05) is 27.7 Å². The predicted octanol–water partition coefficient (Wildman–Crippen LogP) is 3.70. The molecule has 0 aromatic rings. The summed E-state index contributed by atoms with van der Waals surface area (Å²) in [5.41, 5.74) is 0.539. The third-order valence-electron chi connectivity index (χ3n) is 5.64. The monoisotopic (exact) mass is 325 g/mol. The fraction of sp³-hybridized carbons (Fsp3) is 1.00. The summed E-state index contributed by atoms with van der Waals surface area (Å²) in [5.74, 6) is 1.77. The van der Waals surface area contributed by atoms with Crippen molar-refractivity contribution in [2.24, 2.45) is 17.3 Å². The summed E-state index contributed by atoms with van der Waals surface area (Å²) in [6.07, 6.45) is 4.18. The van der Waals surface area contributed by atoms with Crippen LogP contribution in [-0.2, 0) is 0 Å². The van der Waals surface area contributed by atoms with Crippen LogP contribution in [0.5, 0.6) is 0 Å². The van der Waals surface area contributed by atoms with Crippen LogP contribution >= 0.6 is 0 Å². The molecule has 2 heterocycles. The Balaban J connectivity index is 0.000000313. The van der Waals surface area contributed by atoms with Crippen LogP contribution in [0.3, 0.4) is 0 Å². The fourth-order valence-electron chi connectivity index (χ4n) is 4.19. The highest BCUT2D eigenvalue weighted by Gasteiger charge is 2.33. The van der Waals surface area contributed by atoms with Gasteiger partial charge in [0.15, 0.2) is 0 Å². The van der Waals surface area contributed by atoms with E-state index in [2.05, 4.69) is 63.7 Å². The van der Waals surface area contributed by atoms with Gasteiger partial charge in [-0.2, -0.15) is 0 Å². The largest absolute Gasteiger partial charge is 0.314 e. The van der Waals surface area contributed by atoms with Crippen molar-refractivity contribution in [1.29, 1.82) is 0 Å². The van der Waals surface area contributed by atoms with Crippen LogP contribution < -0.4 is 5.32 Å². The number of piperidine rings is 1. The number of likely N-dealkylation sites (tertiary alicyclic amines) is 1. The highest BCUT2D eigenvalue weighted by atomic mass is 15.2. The third-order valence-corrected chi connectivity index (χ3v) is 5.64. The second-order valence-electron chi connectivity index (χ2n) is 9.04. The SMILES string of the molecule is CC(C)CC(C)(C)C1CCN(C(C)C)CC1.CN1CCNCC1. The minimum absolute atomic E-state index is 0.539. The molecule has 2 rings (SSSR count). The van der Waals surface area contributed by atoms with Crippen LogP contribution in [0.25, 0.3) is 0 Å². The first-order valence-electron chi connectivity index (χ1n) is 9.85. The van der Waals surface area contributed by atoms with Crippen molar-refractivity contribution in [3.8, 4) is 0 Å². The second kappa shape index (κ2) is 10.0. The Morgan fingerprint density at radius 2 is 1.48 bits per heavy atom. The Labute approximate surface area is 146 Å². The molecule has 0 aromatic carbocycles. The molecule has 0 aliphatic carbocycles. The summed E-state index contributed by atoms with van der Waals surface area (Å²) in [6.45, 7) is 21.7. The van der Waals surface area contributed by atoms with E-state index in [1.807, 2.05) is 0 Å². The molecule has 0 atom stereocenters. The van der Waals surface area contributed by atoms with Gasteiger partial charge in [0.1, 0.15) is 0 Å². The molecule has 1 N–H and O–H groups in total. The van der Waals surface area contributed by atoms with E-state index >= 15 is 0 Å². The topological polar surface area (TPSA) is 18.5 Å². The maximum Gasteiger partial charge on any atom is 0.0104 e. The molecule has 0 amide bonds. The molecule has 2 aliphatic heterocycles. The summed E-state index contributed by atoms with van der Waals surface area (Å²) in [6, 6.07) is 0.731. The van der Waals surface area contributed by atoms with Gasteiger partial charge in [-0.3, -0.25) is 0 Å². The quantitative estimate of drug-likeness (QED) is 0.850. The average Bonchev–Trinajstić information content (AvgIpc) is 2.47. The maximum absolute atomic E-state index is 3.27. The lowest BCUT2D eigenvalue weighted by molar-refractivity contribution is 0.0702. The van der Waals surface area contributed by atoms with E-state index < -0.39 is 0 Å². The number of hydrogen-bond donors (Lipinski definition) is 1. The molecule has 2 aliphatic rings. The van der Waals surface area contributed by atoms with E-state index in [1.54, 1.807) is 0 Å². The number of rotatable bonds is 4. The van der Waals surface area contributed by atoms with E-state index in [4.69, 9.17) is 0 Å². The number of likely N-dealkylation sites (N-methyl/N-ethyl adjacent to an activating group) is 1. The van der Waals surface area contributed by atoms with E-state index in [-0.39, 0.29) is 0 Å². The van der Waals surface area contributed by atoms with Gasteiger partial charge in [0.25, 0.3) is 0 Å². The lowest BCUT2D eigenvalue weighted by Crippen LogP contribution is -2.42. The van der Waals surface area contributed by atoms with Crippen LogP contribution in [0.15, 0.2) is 0 Å². The van der Waals surface area contributed by atoms with Crippen molar-refractivity contribution in [2.45, 2.75) is 66.8 Å². The predicted molar refractivity (Wildman–Crippen MR) is 103 cm³/mol. The first kappa shape index (κ1) is 20.9. The molecular weight excluding hydrogens is 282 g/mol. The highest BCUT2D eigenvalue weighted by molar-refractivity contribution is 4.85.